The molecule has 2 aliphatic heterocycles. The smallest absolute Gasteiger partial charge is 0.0892 e. The third-order valence-electron chi connectivity index (χ3n) is 4.60. The van der Waals surface area contributed by atoms with Crippen LogP contribution in [-0.4, -0.2) is 44.6 Å². The topological polar surface area (TPSA) is 38.2 Å². The lowest BCUT2D eigenvalue weighted by atomic mass is 9.93. The molecule has 2 aromatic heterocycles. The third-order valence-corrected chi connectivity index (χ3v) is 7.10. The van der Waals surface area contributed by atoms with Gasteiger partial charge in [0.2, 0.25) is 0 Å². The average molecular weight is 348 g/mol. The van der Waals surface area contributed by atoms with Crippen LogP contribution in [0.15, 0.2) is 29.9 Å². The maximum Gasteiger partial charge on any atom is 0.0892 e. The van der Waals surface area contributed by atoms with Crippen molar-refractivity contribution in [2.45, 2.75) is 37.3 Å². The first-order chi connectivity index (χ1) is 11.2. The van der Waals surface area contributed by atoms with Gasteiger partial charge in [-0.2, -0.15) is 0 Å². The Bertz CT molecular complexity index is 655. The first kappa shape index (κ1) is 15.6. The van der Waals surface area contributed by atoms with E-state index in [1.165, 1.54) is 30.1 Å². The van der Waals surface area contributed by atoms with E-state index in [-0.39, 0.29) is 0 Å². The van der Waals surface area contributed by atoms with E-state index in [0.29, 0.717) is 17.5 Å². The number of thioether (sulfide) groups is 1. The van der Waals surface area contributed by atoms with Gasteiger partial charge in [-0.25, -0.2) is 4.98 Å². The third kappa shape index (κ3) is 3.45. The van der Waals surface area contributed by atoms with Gasteiger partial charge in [0.05, 0.1) is 29.6 Å². The van der Waals surface area contributed by atoms with Crippen molar-refractivity contribution in [1.29, 1.82) is 0 Å². The highest BCUT2D eigenvalue weighted by molar-refractivity contribution is 8.01. The van der Waals surface area contributed by atoms with Gasteiger partial charge in [0.15, 0.2) is 0 Å². The number of ether oxygens (including phenoxy) is 1. The van der Waals surface area contributed by atoms with Crippen molar-refractivity contribution >= 4 is 23.1 Å². The lowest BCUT2D eigenvalue weighted by Crippen LogP contribution is -2.58. The molecule has 122 valence electrons. The summed E-state index contributed by atoms with van der Waals surface area (Å²) in [5, 5.41) is 0. The minimum atomic E-state index is 0.370. The number of hydrogen-bond donors (Lipinski definition) is 0. The molecule has 0 radical (unpaired) electrons. The number of likely N-dealkylation sites (tertiary alicyclic amines) is 1. The summed E-state index contributed by atoms with van der Waals surface area (Å²) in [5.74, 6) is 1.11. The maximum absolute atomic E-state index is 6.07. The van der Waals surface area contributed by atoms with Crippen molar-refractivity contribution in [3.8, 4) is 0 Å². The molecular weight excluding hydrogens is 326 g/mol. The molecule has 4 nitrogen and oxygen atoms in total. The Morgan fingerprint density at radius 2 is 2.26 bits per heavy atom. The van der Waals surface area contributed by atoms with E-state index in [1.807, 2.05) is 29.9 Å². The van der Waals surface area contributed by atoms with Crippen molar-refractivity contribution < 1.29 is 4.74 Å². The fourth-order valence-corrected chi connectivity index (χ4v) is 5.80. The van der Waals surface area contributed by atoms with Gasteiger partial charge < -0.3 is 4.74 Å². The van der Waals surface area contributed by atoms with Crippen molar-refractivity contribution in [2.75, 3.05) is 18.8 Å². The van der Waals surface area contributed by atoms with Crippen LogP contribution >= 0.6 is 23.1 Å². The molecule has 4 heterocycles. The summed E-state index contributed by atoms with van der Waals surface area (Å²) in [6, 6.07) is 5.99. The van der Waals surface area contributed by atoms with Crippen LogP contribution in [0.25, 0.3) is 0 Å². The van der Waals surface area contributed by atoms with E-state index < -0.39 is 0 Å². The van der Waals surface area contributed by atoms with Gasteiger partial charge in [-0.1, -0.05) is 6.07 Å². The van der Waals surface area contributed by atoms with Crippen LogP contribution in [0.4, 0.5) is 0 Å². The zero-order valence-corrected chi connectivity index (χ0v) is 14.9. The predicted octanol–water partition coefficient (Wildman–Crippen LogP) is 3.12. The number of aryl methyl sites for hydroxylation is 1. The van der Waals surface area contributed by atoms with Gasteiger partial charge >= 0.3 is 0 Å². The Morgan fingerprint density at radius 1 is 1.35 bits per heavy atom. The largest absolute Gasteiger partial charge is 0.371 e. The zero-order chi connectivity index (χ0) is 15.7. The van der Waals surface area contributed by atoms with Gasteiger partial charge in [0, 0.05) is 41.2 Å². The molecule has 2 fully saturated rings. The van der Waals surface area contributed by atoms with Gasteiger partial charge in [0.1, 0.15) is 0 Å². The van der Waals surface area contributed by atoms with E-state index in [0.717, 1.165) is 18.0 Å². The fraction of sp³-hybridized carbons (Fsp3) is 0.529. The van der Waals surface area contributed by atoms with Crippen molar-refractivity contribution in [3.63, 3.8) is 0 Å². The van der Waals surface area contributed by atoms with E-state index in [1.54, 1.807) is 11.3 Å². The van der Waals surface area contributed by atoms with E-state index in [4.69, 9.17) is 4.74 Å². The monoisotopic (exact) mass is 347 g/mol. The molecular formula is C17H21N3OS2. The minimum absolute atomic E-state index is 0.370. The standard InChI is InChI=1S/C17H21N3OS2/c1-13-16(22-12-19-13)7-20-10-17(11-20)6-15(9-23-17)21-8-14-4-2-3-5-18-14/h2-5,12,15H,6-11H2,1H3/t15-/m1/s1. The van der Waals surface area contributed by atoms with Crippen LogP contribution < -0.4 is 0 Å². The first-order valence-electron chi connectivity index (χ1n) is 7.99. The Balaban J connectivity index is 1.24. The van der Waals surface area contributed by atoms with Crippen LogP contribution in [0, 0.1) is 6.92 Å². The summed E-state index contributed by atoms with van der Waals surface area (Å²) in [5.41, 5.74) is 4.16. The number of aromatic nitrogens is 2. The Kier molecular flexibility index (Phi) is 4.41. The molecule has 4 rings (SSSR count). The Morgan fingerprint density at radius 3 is 3.00 bits per heavy atom. The molecule has 1 spiro atoms. The van der Waals surface area contributed by atoms with E-state index >= 15 is 0 Å². The second-order valence-corrected chi connectivity index (χ2v) is 8.89. The molecule has 0 saturated carbocycles. The van der Waals surface area contributed by atoms with Gasteiger partial charge in [-0.05, 0) is 25.5 Å². The molecule has 0 bridgehead atoms. The Labute approximate surface area is 145 Å². The molecule has 0 N–H and O–H groups in total. The molecule has 6 heteroatoms. The summed E-state index contributed by atoms with van der Waals surface area (Å²) in [7, 11) is 0. The molecule has 0 unspecified atom stereocenters. The molecule has 23 heavy (non-hydrogen) atoms. The van der Waals surface area contributed by atoms with Crippen LogP contribution in [-0.2, 0) is 17.9 Å². The van der Waals surface area contributed by atoms with Gasteiger partial charge in [-0.15, -0.1) is 23.1 Å². The van der Waals surface area contributed by atoms with Crippen molar-refractivity contribution in [2.24, 2.45) is 0 Å². The van der Waals surface area contributed by atoms with Crippen LogP contribution in [0.1, 0.15) is 22.7 Å². The summed E-state index contributed by atoms with van der Waals surface area (Å²) >= 11 is 3.87. The van der Waals surface area contributed by atoms with Gasteiger partial charge in [-0.3, -0.25) is 9.88 Å². The highest BCUT2D eigenvalue weighted by Crippen LogP contribution is 2.46. The molecule has 0 amide bonds. The Hall–Kier alpha value is -0.950. The maximum atomic E-state index is 6.07. The average Bonchev–Trinajstić information content (AvgIpc) is 3.13. The van der Waals surface area contributed by atoms with Crippen LogP contribution in [0.5, 0.6) is 0 Å². The zero-order valence-electron chi connectivity index (χ0n) is 13.3. The highest BCUT2D eigenvalue weighted by atomic mass is 32.2. The van der Waals surface area contributed by atoms with E-state index in [2.05, 4.69) is 33.6 Å². The number of pyridine rings is 1. The number of nitrogens with zero attached hydrogens (tertiary/aromatic N) is 3. The highest BCUT2D eigenvalue weighted by Gasteiger charge is 2.49. The van der Waals surface area contributed by atoms with Crippen LogP contribution in [0.3, 0.4) is 0 Å². The van der Waals surface area contributed by atoms with Crippen LogP contribution in [0.2, 0.25) is 0 Å². The molecule has 0 aromatic carbocycles. The fourth-order valence-electron chi connectivity index (χ4n) is 3.38. The summed E-state index contributed by atoms with van der Waals surface area (Å²) in [6.07, 6.45) is 3.37. The van der Waals surface area contributed by atoms with Gasteiger partial charge in [0.25, 0.3) is 0 Å². The minimum Gasteiger partial charge on any atom is -0.371 e. The van der Waals surface area contributed by atoms with E-state index in [9.17, 15) is 0 Å². The molecule has 2 aliphatic rings. The first-order valence-corrected chi connectivity index (χ1v) is 9.86. The number of thiazole rings is 1. The molecule has 0 aliphatic carbocycles. The second-order valence-electron chi connectivity index (χ2n) is 6.46. The normalized spacial score (nSPS) is 23.3. The molecule has 2 saturated heterocycles. The predicted molar refractivity (Wildman–Crippen MR) is 94.7 cm³/mol. The SMILES string of the molecule is Cc1ncsc1CN1CC2(C[C@@H](OCc3ccccn3)CS2)C1. The summed E-state index contributed by atoms with van der Waals surface area (Å²) < 4.78 is 6.49. The summed E-state index contributed by atoms with van der Waals surface area (Å²) in [6.45, 7) is 6.15. The number of hydrogen-bond acceptors (Lipinski definition) is 6. The lowest BCUT2D eigenvalue weighted by molar-refractivity contribution is 0.0252. The second kappa shape index (κ2) is 6.51. The quantitative estimate of drug-likeness (QED) is 0.831. The molecule has 1 atom stereocenters. The lowest BCUT2D eigenvalue weighted by Gasteiger charge is -2.47. The molecule has 2 aromatic rings. The summed E-state index contributed by atoms with van der Waals surface area (Å²) in [4.78, 5) is 12.6. The van der Waals surface area contributed by atoms with Crippen molar-refractivity contribution in [3.05, 3.63) is 46.2 Å². The van der Waals surface area contributed by atoms with Crippen molar-refractivity contribution in [1.82, 2.24) is 14.9 Å². The number of rotatable bonds is 5.